The monoisotopic (exact) mass is 339 g/mol. The van der Waals surface area contributed by atoms with Gasteiger partial charge in [0.25, 0.3) is 0 Å². The Morgan fingerprint density at radius 3 is 2.96 bits per heavy atom. The van der Waals surface area contributed by atoms with Crippen LogP contribution >= 0.6 is 0 Å². The van der Waals surface area contributed by atoms with Gasteiger partial charge in [0.05, 0.1) is 0 Å². The van der Waals surface area contributed by atoms with Crippen molar-refractivity contribution in [3.8, 4) is 0 Å². The standard InChI is InChI=1S/C21H29N3O/c1-16-7-8-20-17(13-16)9-12-24(20)15-21(25)22-14-18-5-4-11-23-10-3-2-6-19(18)23/h7-9,12-13,18-19H,2-6,10-11,14-15H2,1H3,(H,22,25)/t18-,19-/m1/s1. The Hall–Kier alpha value is -1.81. The van der Waals surface area contributed by atoms with E-state index >= 15 is 0 Å². The molecule has 3 heterocycles. The molecule has 134 valence electrons. The van der Waals surface area contributed by atoms with Crippen LogP contribution in [0.1, 0.15) is 37.7 Å². The van der Waals surface area contributed by atoms with Crippen LogP contribution in [0.5, 0.6) is 0 Å². The number of aryl methyl sites for hydroxylation is 1. The van der Waals surface area contributed by atoms with E-state index in [-0.39, 0.29) is 5.91 Å². The quantitative estimate of drug-likeness (QED) is 0.928. The van der Waals surface area contributed by atoms with Crippen molar-refractivity contribution in [2.45, 2.75) is 51.6 Å². The van der Waals surface area contributed by atoms with E-state index in [4.69, 9.17) is 0 Å². The highest BCUT2D eigenvalue weighted by Gasteiger charge is 2.32. The molecule has 2 aromatic rings. The zero-order valence-electron chi connectivity index (χ0n) is 15.2. The van der Waals surface area contributed by atoms with E-state index in [1.165, 1.54) is 56.1 Å². The summed E-state index contributed by atoms with van der Waals surface area (Å²) in [7, 11) is 0. The maximum absolute atomic E-state index is 12.5. The summed E-state index contributed by atoms with van der Waals surface area (Å²) in [6, 6.07) is 9.17. The SMILES string of the molecule is Cc1ccc2c(ccn2CC(=O)NC[C@H]2CCCN3CCCC[C@H]23)c1. The molecule has 0 bridgehead atoms. The van der Waals surface area contributed by atoms with Crippen molar-refractivity contribution in [2.75, 3.05) is 19.6 Å². The number of nitrogens with one attached hydrogen (secondary N) is 1. The van der Waals surface area contributed by atoms with Crippen LogP contribution in [0.4, 0.5) is 0 Å². The molecule has 2 atom stereocenters. The van der Waals surface area contributed by atoms with Gasteiger partial charge < -0.3 is 14.8 Å². The van der Waals surface area contributed by atoms with Crippen molar-refractivity contribution in [3.05, 3.63) is 36.0 Å². The van der Waals surface area contributed by atoms with Gasteiger partial charge in [-0.25, -0.2) is 0 Å². The van der Waals surface area contributed by atoms with E-state index in [0.29, 0.717) is 18.5 Å². The number of rotatable bonds is 4. The van der Waals surface area contributed by atoms with Crippen molar-refractivity contribution >= 4 is 16.8 Å². The Morgan fingerprint density at radius 2 is 2.04 bits per heavy atom. The molecule has 4 nitrogen and oxygen atoms in total. The lowest BCUT2D eigenvalue weighted by Gasteiger charge is -2.44. The number of nitrogens with zero attached hydrogens (tertiary/aromatic N) is 2. The number of hydrogen-bond acceptors (Lipinski definition) is 2. The van der Waals surface area contributed by atoms with Crippen LogP contribution in [0, 0.1) is 12.8 Å². The minimum Gasteiger partial charge on any atom is -0.354 e. The fourth-order valence-corrected chi connectivity index (χ4v) is 4.73. The van der Waals surface area contributed by atoms with E-state index in [1.807, 2.05) is 6.20 Å². The molecule has 4 rings (SSSR count). The lowest BCUT2D eigenvalue weighted by atomic mass is 9.83. The molecule has 2 fully saturated rings. The largest absolute Gasteiger partial charge is 0.354 e. The molecule has 25 heavy (non-hydrogen) atoms. The van der Waals surface area contributed by atoms with Gasteiger partial charge in [-0.3, -0.25) is 4.79 Å². The van der Waals surface area contributed by atoms with E-state index in [2.05, 4.69) is 46.0 Å². The molecule has 0 saturated carbocycles. The summed E-state index contributed by atoms with van der Waals surface area (Å²) in [5, 5.41) is 4.42. The van der Waals surface area contributed by atoms with Gasteiger partial charge in [0, 0.05) is 24.3 Å². The number of amides is 1. The fourth-order valence-electron chi connectivity index (χ4n) is 4.73. The maximum Gasteiger partial charge on any atom is 0.239 e. The Bertz CT molecular complexity index is 749. The van der Waals surface area contributed by atoms with Crippen molar-refractivity contribution in [1.82, 2.24) is 14.8 Å². The lowest BCUT2D eigenvalue weighted by Crippen LogP contribution is -2.51. The van der Waals surface area contributed by atoms with Gasteiger partial charge >= 0.3 is 0 Å². The first kappa shape index (κ1) is 16.6. The van der Waals surface area contributed by atoms with Crippen LogP contribution in [0.3, 0.4) is 0 Å². The Kier molecular flexibility index (Phi) is 4.80. The van der Waals surface area contributed by atoms with E-state index in [1.54, 1.807) is 0 Å². The highest BCUT2D eigenvalue weighted by molar-refractivity contribution is 5.83. The van der Waals surface area contributed by atoms with Crippen molar-refractivity contribution in [3.63, 3.8) is 0 Å². The Labute approximate surface area is 150 Å². The van der Waals surface area contributed by atoms with Crippen molar-refractivity contribution in [1.29, 1.82) is 0 Å². The molecule has 0 radical (unpaired) electrons. The molecule has 0 unspecified atom stereocenters. The van der Waals surface area contributed by atoms with E-state index in [9.17, 15) is 4.79 Å². The first-order valence-electron chi connectivity index (χ1n) is 9.77. The highest BCUT2D eigenvalue weighted by atomic mass is 16.1. The van der Waals surface area contributed by atoms with Gasteiger partial charge in [-0.15, -0.1) is 0 Å². The van der Waals surface area contributed by atoms with Gasteiger partial charge in [0.1, 0.15) is 6.54 Å². The molecule has 1 aromatic carbocycles. The third-order valence-corrected chi connectivity index (χ3v) is 6.03. The maximum atomic E-state index is 12.5. The minimum absolute atomic E-state index is 0.131. The molecule has 2 aliphatic heterocycles. The predicted molar refractivity (Wildman–Crippen MR) is 102 cm³/mol. The number of piperidine rings is 2. The number of hydrogen-bond donors (Lipinski definition) is 1. The predicted octanol–water partition coefficient (Wildman–Crippen LogP) is 3.33. The molecule has 2 aliphatic rings. The van der Waals surface area contributed by atoms with Gasteiger partial charge in [-0.05, 0) is 75.2 Å². The summed E-state index contributed by atoms with van der Waals surface area (Å²) in [5.41, 5.74) is 2.39. The number of carbonyl (C=O) groups is 1. The van der Waals surface area contributed by atoms with Crippen molar-refractivity contribution in [2.24, 2.45) is 5.92 Å². The molecule has 1 amide bonds. The summed E-state index contributed by atoms with van der Waals surface area (Å²) in [6.45, 7) is 5.85. The first-order chi connectivity index (χ1) is 12.2. The van der Waals surface area contributed by atoms with Crippen LogP contribution in [0.25, 0.3) is 10.9 Å². The van der Waals surface area contributed by atoms with E-state index < -0.39 is 0 Å². The Morgan fingerprint density at radius 1 is 1.16 bits per heavy atom. The summed E-state index contributed by atoms with van der Waals surface area (Å²) >= 11 is 0. The van der Waals surface area contributed by atoms with Crippen molar-refractivity contribution < 1.29 is 4.79 Å². The van der Waals surface area contributed by atoms with Gasteiger partial charge in [-0.2, -0.15) is 0 Å². The third-order valence-electron chi connectivity index (χ3n) is 6.03. The first-order valence-corrected chi connectivity index (χ1v) is 9.77. The third kappa shape index (κ3) is 3.59. The molecule has 0 spiro atoms. The lowest BCUT2D eigenvalue weighted by molar-refractivity contribution is -0.122. The summed E-state index contributed by atoms with van der Waals surface area (Å²) in [6.07, 6.45) is 8.55. The van der Waals surface area contributed by atoms with Gasteiger partial charge in [0.15, 0.2) is 0 Å². The van der Waals surface area contributed by atoms with Gasteiger partial charge in [0.2, 0.25) is 5.91 Å². The van der Waals surface area contributed by atoms with Crippen LogP contribution in [0.15, 0.2) is 30.5 Å². The number of benzene rings is 1. The molecule has 1 aromatic heterocycles. The number of aromatic nitrogens is 1. The Balaban J connectivity index is 1.35. The molecule has 4 heteroatoms. The molecule has 2 saturated heterocycles. The molecule has 1 N–H and O–H groups in total. The van der Waals surface area contributed by atoms with Crippen LogP contribution < -0.4 is 5.32 Å². The van der Waals surface area contributed by atoms with Crippen LogP contribution in [-0.2, 0) is 11.3 Å². The second-order valence-corrected chi connectivity index (χ2v) is 7.81. The average molecular weight is 339 g/mol. The second-order valence-electron chi connectivity index (χ2n) is 7.81. The fraction of sp³-hybridized carbons (Fsp3) is 0.571. The van der Waals surface area contributed by atoms with E-state index in [0.717, 1.165) is 12.1 Å². The van der Waals surface area contributed by atoms with Gasteiger partial charge in [-0.1, -0.05) is 18.1 Å². The smallest absolute Gasteiger partial charge is 0.239 e. The zero-order valence-corrected chi connectivity index (χ0v) is 15.2. The topological polar surface area (TPSA) is 37.3 Å². The highest BCUT2D eigenvalue weighted by Crippen LogP contribution is 2.30. The number of fused-ring (bicyclic) bond motifs is 2. The summed E-state index contributed by atoms with van der Waals surface area (Å²) in [4.78, 5) is 15.1. The zero-order chi connectivity index (χ0) is 17.2. The van der Waals surface area contributed by atoms with Crippen LogP contribution in [0.2, 0.25) is 0 Å². The van der Waals surface area contributed by atoms with Crippen LogP contribution in [-0.4, -0.2) is 41.1 Å². The summed E-state index contributed by atoms with van der Waals surface area (Å²) < 4.78 is 2.05. The number of carbonyl (C=O) groups excluding carboxylic acids is 1. The molecular formula is C21H29N3O. The molecular weight excluding hydrogens is 310 g/mol. The molecule has 0 aliphatic carbocycles. The second kappa shape index (κ2) is 7.20. The normalized spacial score (nSPS) is 24.2. The summed E-state index contributed by atoms with van der Waals surface area (Å²) in [5.74, 6) is 0.757. The minimum atomic E-state index is 0.131. The average Bonchev–Trinajstić information content (AvgIpc) is 3.01.